The Morgan fingerprint density at radius 3 is 1.12 bits per heavy atom. The van der Waals surface area contributed by atoms with Crippen molar-refractivity contribution in [1.82, 2.24) is 5.32 Å². The summed E-state index contributed by atoms with van der Waals surface area (Å²) >= 11 is 0. The van der Waals surface area contributed by atoms with Crippen molar-refractivity contribution in [3.05, 3.63) is 12.2 Å². The number of amides is 1. The third kappa shape index (κ3) is 30.8. The van der Waals surface area contributed by atoms with Crippen molar-refractivity contribution < 1.29 is 89.4 Å². The van der Waals surface area contributed by atoms with Crippen LogP contribution in [0.3, 0.4) is 0 Å². The molecule has 0 aromatic rings. The molecule has 3 aliphatic rings. The molecular formula is C65H123NO18. The summed E-state index contributed by atoms with van der Waals surface area (Å²) in [6.07, 6.45) is 24.7. The van der Waals surface area contributed by atoms with Gasteiger partial charge in [-0.05, 0) is 19.3 Å². The lowest BCUT2D eigenvalue weighted by molar-refractivity contribution is -0.379. The topological polar surface area (TPSA) is 307 Å². The molecule has 1 amide bonds. The van der Waals surface area contributed by atoms with Gasteiger partial charge in [0.1, 0.15) is 73.2 Å². The van der Waals surface area contributed by atoms with Crippen LogP contribution in [-0.4, -0.2) is 193 Å². The van der Waals surface area contributed by atoms with Crippen LogP contribution in [0.25, 0.3) is 0 Å². The second-order valence-electron chi connectivity index (χ2n) is 24.7. The first-order valence-corrected chi connectivity index (χ1v) is 33.9. The molecular weight excluding hydrogens is 1080 g/mol. The van der Waals surface area contributed by atoms with E-state index < -0.39 is 124 Å². The zero-order chi connectivity index (χ0) is 61.2. The highest BCUT2D eigenvalue weighted by Gasteiger charge is 2.53. The summed E-state index contributed by atoms with van der Waals surface area (Å²) in [4.78, 5) is 13.4. The lowest BCUT2D eigenvalue weighted by Crippen LogP contribution is -2.66. The average molecular weight is 1210 g/mol. The highest BCUT2D eigenvalue weighted by Crippen LogP contribution is 2.33. The maximum absolute atomic E-state index is 13.4. The molecule has 3 heterocycles. The molecule has 12 N–H and O–H groups in total. The Kier molecular flexibility index (Phi) is 44.2. The quantitative estimate of drug-likeness (QED) is 0.0202. The van der Waals surface area contributed by atoms with Crippen LogP contribution in [0, 0.1) is 0 Å². The van der Waals surface area contributed by atoms with E-state index in [2.05, 4.69) is 19.2 Å². The molecule has 84 heavy (non-hydrogen) atoms. The third-order valence-electron chi connectivity index (χ3n) is 17.3. The van der Waals surface area contributed by atoms with Gasteiger partial charge in [0.2, 0.25) is 5.91 Å². The second kappa shape index (κ2) is 48.4. The molecule has 0 aromatic heterocycles. The van der Waals surface area contributed by atoms with E-state index in [0.717, 1.165) is 44.9 Å². The van der Waals surface area contributed by atoms with Crippen LogP contribution in [0.2, 0.25) is 0 Å². The van der Waals surface area contributed by atoms with Gasteiger partial charge in [-0.2, -0.15) is 0 Å². The predicted molar refractivity (Wildman–Crippen MR) is 323 cm³/mol. The molecule has 17 atom stereocenters. The number of nitrogens with one attached hydrogen (secondary N) is 1. The molecule has 3 rings (SSSR count). The SMILES string of the molecule is CCCCCCCCCCCCCCCCC/C=C/C(O)C(COC1OC(CO)C(OC2OC(CO)C(OC3OC(CO)C(O)C(O)C3O)C(O)C2O)C(O)C1O)NC(=O)CCCCCCCCCCCCCCCCCCCCCCCC. The van der Waals surface area contributed by atoms with Crippen LogP contribution in [0.4, 0.5) is 0 Å². The Balaban J connectivity index is 1.45. The highest BCUT2D eigenvalue weighted by molar-refractivity contribution is 5.76. The minimum absolute atomic E-state index is 0.250. The Morgan fingerprint density at radius 1 is 0.417 bits per heavy atom. The summed E-state index contributed by atoms with van der Waals surface area (Å²) in [6, 6.07) is -0.968. The standard InChI is InChI=1S/C65H123NO18/c1-3-5-7-9-11-13-15-17-19-21-22-23-24-25-27-29-31-33-35-37-39-41-43-53(71)66-48(49(70)42-40-38-36-34-32-30-28-26-20-18-16-14-12-10-8-6-4-2)47-79-63-59(77)56(74)61(51(45-68)81-63)84-65-60(78)57(75)62(52(46-69)82-65)83-64-58(76)55(73)54(72)50(44-67)80-64/h40,42,48-52,54-65,67-70,72-78H,3-39,41,43-47H2,1-2H3,(H,66,71)/b42-40+. The molecule has 0 spiro atoms. The third-order valence-corrected chi connectivity index (χ3v) is 17.3. The van der Waals surface area contributed by atoms with Gasteiger partial charge in [-0.3, -0.25) is 4.79 Å². The van der Waals surface area contributed by atoms with Gasteiger partial charge in [0.25, 0.3) is 0 Å². The first kappa shape index (κ1) is 76.8. The summed E-state index contributed by atoms with van der Waals surface area (Å²) < 4.78 is 34.3. The maximum Gasteiger partial charge on any atom is 0.220 e. The Morgan fingerprint density at radius 2 is 0.738 bits per heavy atom. The summed E-state index contributed by atoms with van der Waals surface area (Å²) in [5, 5.41) is 120. The van der Waals surface area contributed by atoms with E-state index in [4.69, 9.17) is 28.4 Å². The highest BCUT2D eigenvalue weighted by atomic mass is 16.8. The zero-order valence-corrected chi connectivity index (χ0v) is 52.2. The average Bonchev–Trinajstić information content (AvgIpc) is 2.79. The molecule has 3 fully saturated rings. The number of aliphatic hydroxyl groups is 11. The van der Waals surface area contributed by atoms with Gasteiger partial charge in [0.15, 0.2) is 18.9 Å². The minimum atomic E-state index is -1.98. The number of allylic oxidation sites excluding steroid dienone is 1. The van der Waals surface area contributed by atoms with Gasteiger partial charge < -0.3 is 89.9 Å². The molecule has 19 heteroatoms. The van der Waals surface area contributed by atoms with Crippen LogP contribution in [0.5, 0.6) is 0 Å². The second-order valence-corrected chi connectivity index (χ2v) is 24.7. The first-order chi connectivity index (χ1) is 40.8. The fraction of sp³-hybridized carbons (Fsp3) is 0.954. The summed E-state index contributed by atoms with van der Waals surface area (Å²) in [6.45, 7) is 1.77. The Labute approximate surface area is 506 Å². The lowest BCUT2D eigenvalue weighted by atomic mass is 9.96. The van der Waals surface area contributed by atoms with Crippen molar-refractivity contribution >= 4 is 5.91 Å². The van der Waals surface area contributed by atoms with Gasteiger partial charge in [0, 0.05) is 6.42 Å². The lowest BCUT2D eigenvalue weighted by Gasteiger charge is -2.48. The van der Waals surface area contributed by atoms with Crippen LogP contribution >= 0.6 is 0 Å². The number of carbonyl (C=O) groups excluding carboxylic acids is 1. The molecule has 17 unspecified atom stereocenters. The summed E-state index contributed by atoms with van der Waals surface area (Å²) in [5.41, 5.74) is 0. The van der Waals surface area contributed by atoms with E-state index in [1.807, 2.05) is 6.08 Å². The number of rotatable bonds is 52. The van der Waals surface area contributed by atoms with Crippen LogP contribution in [0.15, 0.2) is 12.2 Å². The molecule has 0 saturated carbocycles. The largest absolute Gasteiger partial charge is 0.394 e. The van der Waals surface area contributed by atoms with Crippen molar-refractivity contribution in [2.24, 2.45) is 0 Å². The van der Waals surface area contributed by atoms with Crippen LogP contribution in [-0.2, 0) is 33.2 Å². The number of hydrogen-bond acceptors (Lipinski definition) is 18. The van der Waals surface area contributed by atoms with E-state index in [9.17, 15) is 61.0 Å². The van der Waals surface area contributed by atoms with E-state index in [-0.39, 0.29) is 18.9 Å². The Bertz CT molecular complexity index is 1580. The first-order valence-electron chi connectivity index (χ1n) is 33.9. The van der Waals surface area contributed by atoms with Crippen LogP contribution in [0.1, 0.15) is 264 Å². The summed E-state index contributed by atoms with van der Waals surface area (Å²) in [7, 11) is 0. The van der Waals surface area contributed by atoms with E-state index in [0.29, 0.717) is 6.42 Å². The van der Waals surface area contributed by atoms with Gasteiger partial charge >= 0.3 is 0 Å². The number of hydrogen-bond donors (Lipinski definition) is 12. The van der Waals surface area contributed by atoms with Gasteiger partial charge in [-0.1, -0.05) is 251 Å². The minimum Gasteiger partial charge on any atom is -0.394 e. The molecule has 496 valence electrons. The number of unbranched alkanes of at least 4 members (excludes halogenated alkanes) is 36. The number of aliphatic hydroxyl groups excluding tert-OH is 11. The molecule has 0 bridgehead atoms. The Hall–Kier alpha value is -1.47. The van der Waals surface area contributed by atoms with E-state index >= 15 is 0 Å². The molecule has 3 aliphatic heterocycles. The van der Waals surface area contributed by atoms with Crippen molar-refractivity contribution in [2.75, 3.05) is 26.4 Å². The van der Waals surface area contributed by atoms with Crippen molar-refractivity contribution in [3.8, 4) is 0 Å². The smallest absolute Gasteiger partial charge is 0.220 e. The molecule has 19 nitrogen and oxygen atoms in total. The van der Waals surface area contributed by atoms with E-state index in [1.54, 1.807) is 6.08 Å². The maximum atomic E-state index is 13.4. The van der Waals surface area contributed by atoms with Crippen LogP contribution < -0.4 is 5.32 Å². The van der Waals surface area contributed by atoms with Crippen molar-refractivity contribution in [1.29, 1.82) is 0 Å². The monoisotopic (exact) mass is 1210 g/mol. The van der Waals surface area contributed by atoms with Gasteiger partial charge in [-0.15, -0.1) is 0 Å². The summed E-state index contributed by atoms with van der Waals surface area (Å²) in [5.74, 6) is -0.270. The van der Waals surface area contributed by atoms with Crippen molar-refractivity contribution in [2.45, 2.75) is 369 Å². The molecule has 0 radical (unpaired) electrons. The van der Waals surface area contributed by atoms with Gasteiger partial charge in [-0.25, -0.2) is 0 Å². The van der Waals surface area contributed by atoms with E-state index in [1.165, 1.54) is 193 Å². The molecule has 3 saturated heterocycles. The molecule has 0 aliphatic carbocycles. The number of carbonyl (C=O) groups is 1. The number of ether oxygens (including phenoxy) is 6. The predicted octanol–water partition coefficient (Wildman–Crippen LogP) is 8.11. The van der Waals surface area contributed by atoms with Crippen molar-refractivity contribution in [3.63, 3.8) is 0 Å². The normalized spacial score (nSPS) is 29.2. The molecule has 0 aromatic carbocycles. The fourth-order valence-corrected chi connectivity index (χ4v) is 11.8. The van der Waals surface area contributed by atoms with Gasteiger partial charge in [0.05, 0.1) is 38.6 Å². The fourth-order valence-electron chi connectivity index (χ4n) is 11.8. The zero-order valence-electron chi connectivity index (χ0n) is 52.2.